The molecule has 0 spiro atoms. The van der Waals surface area contributed by atoms with Crippen molar-refractivity contribution in [1.82, 2.24) is 24.1 Å². The minimum absolute atomic E-state index is 0.0293. The van der Waals surface area contributed by atoms with Gasteiger partial charge in [0.25, 0.3) is 10.0 Å². The van der Waals surface area contributed by atoms with E-state index in [9.17, 15) is 12.8 Å². The Morgan fingerprint density at radius 3 is 2.64 bits per heavy atom. The lowest BCUT2D eigenvalue weighted by Gasteiger charge is -2.39. The number of aryl methyl sites for hydroxylation is 1. The van der Waals surface area contributed by atoms with E-state index in [1.165, 1.54) is 22.9 Å². The van der Waals surface area contributed by atoms with Crippen molar-refractivity contribution in [3.05, 3.63) is 49.0 Å². The summed E-state index contributed by atoms with van der Waals surface area (Å²) in [6.45, 7) is 10.0. The van der Waals surface area contributed by atoms with E-state index in [1.54, 1.807) is 18.5 Å². The molecule has 1 unspecified atom stereocenters. The van der Waals surface area contributed by atoms with Crippen molar-refractivity contribution < 1.29 is 12.8 Å². The summed E-state index contributed by atoms with van der Waals surface area (Å²) in [6.07, 6.45) is 4.20. The molecule has 138 valence electrons. The Morgan fingerprint density at radius 2 is 2.08 bits per heavy atom. The van der Waals surface area contributed by atoms with Gasteiger partial charge in [-0.25, -0.2) is 17.8 Å². The van der Waals surface area contributed by atoms with Gasteiger partial charge in [-0.05, 0) is 20.0 Å². The third-order valence-corrected chi connectivity index (χ3v) is 5.78. The molecule has 25 heavy (non-hydrogen) atoms. The van der Waals surface area contributed by atoms with Crippen LogP contribution in [0.1, 0.15) is 6.92 Å². The molecular formula is C16H24FN5O2S. The molecule has 1 aliphatic rings. The fourth-order valence-electron chi connectivity index (χ4n) is 2.71. The van der Waals surface area contributed by atoms with Gasteiger partial charge in [0.05, 0.1) is 12.4 Å². The molecule has 1 saturated heterocycles. The SMILES string of the molecule is C=C(F)/C=C(\C)NC(=C)C1CN(S(=O)(=O)c2cn(C)cn2)CCN1C. The van der Waals surface area contributed by atoms with Crippen LogP contribution in [0.2, 0.25) is 0 Å². The van der Waals surface area contributed by atoms with Gasteiger partial charge < -0.3 is 9.88 Å². The highest BCUT2D eigenvalue weighted by molar-refractivity contribution is 7.89. The maximum absolute atomic E-state index is 12.9. The van der Waals surface area contributed by atoms with Crippen molar-refractivity contribution in [2.45, 2.75) is 18.0 Å². The molecule has 1 aromatic rings. The molecular weight excluding hydrogens is 345 g/mol. The molecule has 1 aromatic heterocycles. The summed E-state index contributed by atoms with van der Waals surface area (Å²) in [5, 5.41) is 3.04. The average molecular weight is 369 g/mol. The lowest BCUT2D eigenvalue weighted by Crippen LogP contribution is -2.55. The minimum atomic E-state index is -3.66. The van der Waals surface area contributed by atoms with E-state index in [4.69, 9.17) is 0 Å². The standard InChI is InChI=1S/C16H24FN5O2S/c1-12(17)8-13(2)19-14(3)15-9-22(7-6-21(15)5)25(23,24)16-10-20(4)11-18-16/h8,10-11,15,19H,1,3,6-7,9H2,2,4-5H3/b13-8+. The third-order valence-electron chi connectivity index (χ3n) is 4.03. The van der Waals surface area contributed by atoms with Gasteiger partial charge in [0.15, 0.2) is 5.03 Å². The van der Waals surface area contributed by atoms with Gasteiger partial charge in [-0.15, -0.1) is 0 Å². The molecule has 2 rings (SSSR count). The number of likely N-dealkylation sites (N-methyl/N-ethyl adjacent to an activating group) is 1. The largest absolute Gasteiger partial charge is 0.362 e. The molecule has 1 atom stereocenters. The van der Waals surface area contributed by atoms with Crippen molar-refractivity contribution >= 4 is 10.0 Å². The Labute approximate surface area is 148 Å². The van der Waals surface area contributed by atoms with Crippen LogP contribution in [0, 0.1) is 0 Å². The maximum atomic E-state index is 12.9. The van der Waals surface area contributed by atoms with Gasteiger partial charge >= 0.3 is 0 Å². The van der Waals surface area contributed by atoms with E-state index in [2.05, 4.69) is 23.5 Å². The number of hydrogen-bond acceptors (Lipinski definition) is 5. The predicted octanol–water partition coefficient (Wildman–Crippen LogP) is 1.22. The molecule has 0 bridgehead atoms. The average Bonchev–Trinajstić information content (AvgIpc) is 2.93. The molecule has 1 N–H and O–H groups in total. The molecule has 0 saturated carbocycles. The first-order valence-corrected chi connectivity index (χ1v) is 9.22. The summed E-state index contributed by atoms with van der Waals surface area (Å²) in [5.41, 5.74) is 1.15. The molecule has 0 aromatic carbocycles. The second-order valence-electron chi connectivity index (χ2n) is 6.16. The third kappa shape index (κ3) is 4.56. The van der Waals surface area contributed by atoms with Crippen molar-refractivity contribution in [1.29, 1.82) is 0 Å². The van der Waals surface area contributed by atoms with Crippen LogP contribution in [-0.2, 0) is 17.1 Å². The molecule has 2 heterocycles. The highest BCUT2D eigenvalue weighted by Crippen LogP contribution is 2.20. The van der Waals surface area contributed by atoms with Gasteiger partial charge in [-0.1, -0.05) is 13.2 Å². The van der Waals surface area contributed by atoms with Gasteiger partial charge in [-0.2, -0.15) is 4.31 Å². The van der Waals surface area contributed by atoms with Crippen LogP contribution >= 0.6 is 0 Å². The molecule has 7 nitrogen and oxygen atoms in total. The predicted molar refractivity (Wildman–Crippen MR) is 94.7 cm³/mol. The zero-order chi connectivity index (χ0) is 18.8. The van der Waals surface area contributed by atoms with Gasteiger partial charge in [0.2, 0.25) is 0 Å². The minimum Gasteiger partial charge on any atom is -0.362 e. The van der Waals surface area contributed by atoms with Crippen LogP contribution < -0.4 is 5.32 Å². The Balaban J connectivity index is 2.16. The summed E-state index contributed by atoms with van der Waals surface area (Å²) in [7, 11) is -0.0426. The molecule has 9 heteroatoms. The van der Waals surface area contributed by atoms with Crippen molar-refractivity contribution in [3.63, 3.8) is 0 Å². The number of sulfonamides is 1. The second kappa shape index (κ2) is 7.51. The summed E-state index contributed by atoms with van der Waals surface area (Å²) in [4.78, 5) is 5.97. The van der Waals surface area contributed by atoms with E-state index in [0.717, 1.165) is 0 Å². The van der Waals surface area contributed by atoms with Gasteiger partial charge in [0, 0.05) is 44.3 Å². The van der Waals surface area contributed by atoms with Crippen molar-refractivity contribution in [3.8, 4) is 0 Å². The first-order chi connectivity index (χ1) is 11.6. The quantitative estimate of drug-likeness (QED) is 0.764. The number of halogens is 1. The van der Waals surface area contributed by atoms with Crippen LogP contribution in [0.25, 0.3) is 0 Å². The fraction of sp³-hybridized carbons (Fsp3) is 0.438. The van der Waals surface area contributed by atoms with E-state index >= 15 is 0 Å². The first kappa shape index (κ1) is 19.4. The number of piperazine rings is 1. The van der Waals surface area contributed by atoms with E-state index < -0.39 is 15.9 Å². The Bertz CT molecular complexity index is 799. The monoisotopic (exact) mass is 369 g/mol. The Kier molecular flexibility index (Phi) is 5.81. The highest BCUT2D eigenvalue weighted by Gasteiger charge is 2.35. The zero-order valence-electron chi connectivity index (χ0n) is 14.7. The maximum Gasteiger partial charge on any atom is 0.262 e. The number of imidazole rings is 1. The summed E-state index contributed by atoms with van der Waals surface area (Å²) in [6, 6.07) is -0.247. The lowest BCUT2D eigenvalue weighted by atomic mass is 10.1. The normalized spacial score (nSPS) is 20.5. The first-order valence-electron chi connectivity index (χ1n) is 7.78. The smallest absolute Gasteiger partial charge is 0.262 e. The van der Waals surface area contributed by atoms with Crippen LogP contribution in [0.15, 0.2) is 54.0 Å². The summed E-state index contributed by atoms with van der Waals surface area (Å²) < 4.78 is 41.4. The summed E-state index contributed by atoms with van der Waals surface area (Å²) in [5.74, 6) is -0.561. The Hall–Kier alpha value is -1.97. The molecule has 1 fully saturated rings. The number of nitrogens with zero attached hydrogens (tertiary/aromatic N) is 4. The van der Waals surface area contributed by atoms with Crippen molar-refractivity contribution in [2.75, 3.05) is 26.7 Å². The fourth-order valence-corrected chi connectivity index (χ4v) is 4.11. The van der Waals surface area contributed by atoms with Crippen LogP contribution in [0.4, 0.5) is 4.39 Å². The van der Waals surface area contributed by atoms with Crippen molar-refractivity contribution in [2.24, 2.45) is 7.05 Å². The second-order valence-corrected chi connectivity index (χ2v) is 8.05. The lowest BCUT2D eigenvalue weighted by molar-refractivity contribution is 0.166. The van der Waals surface area contributed by atoms with Crippen LogP contribution in [0.3, 0.4) is 0 Å². The molecule has 0 radical (unpaired) electrons. The van der Waals surface area contributed by atoms with Gasteiger partial charge in [0.1, 0.15) is 5.83 Å². The van der Waals surface area contributed by atoms with E-state index in [-0.39, 0.29) is 17.6 Å². The molecule has 0 amide bonds. The zero-order valence-corrected chi connectivity index (χ0v) is 15.6. The number of hydrogen-bond donors (Lipinski definition) is 1. The topological polar surface area (TPSA) is 70.5 Å². The molecule has 1 aliphatic heterocycles. The van der Waals surface area contributed by atoms with Crippen LogP contribution in [-0.4, -0.2) is 59.9 Å². The number of rotatable bonds is 6. The van der Waals surface area contributed by atoms with E-state index in [0.29, 0.717) is 24.5 Å². The van der Waals surface area contributed by atoms with E-state index in [1.807, 2.05) is 11.9 Å². The number of aromatic nitrogens is 2. The highest BCUT2D eigenvalue weighted by atomic mass is 32.2. The number of allylic oxidation sites excluding steroid dienone is 3. The Morgan fingerprint density at radius 1 is 1.40 bits per heavy atom. The molecule has 0 aliphatic carbocycles. The summed E-state index contributed by atoms with van der Waals surface area (Å²) >= 11 is 0. The van der Waals surface area contributed by atoms with Crippen LogP contribution in [0.5, 0.6) is 0 Å². The van der Waals surface area contributed by atoms with Gasteiger partial charge in [-0.3, -0.25) is 4.90 Å². The number of nitrogens with one attached hydrogen (secondary N) is 1.